The molecule has 3 aromatic carbocycles. The van der Waals surface area contributed by atoms with E-state index in [0.29, 0.717) is 6.42 Å². The lowest BCUT2D eigenvalue weighted by Crippen LogP contribution is -2.45. The molecule has 0 aliphatic carbocycles. The van der Waals surface area contributed by atoms with Crippen molar-refractivity contribution in [1.29, 1.82) is 0 Å². The zero-order valence-electron chi connectivity index (χ0n) is 22.7. The number of hydrogen-bond donors (Lipinski definition) is 3. The van der Waals surface area contributed by atoms with Gasteiger partial charge in [-0.3, -0.25) is 9.59 Å². The van der Waals surface area contributed by atoms with E-state index in [9.17, 15) is 50.9 Å². The number of aryl methyl sites for hydroxylation is 1. The first-order valence-corrected chi connectivity index (χ1v) is 13.3. The van der Waals surface area contributed by atoms with Gasteiger partial charge in [-0.25, -0.2) is 4.79 Å². The largest absolute Gasteiger partial charge is 0.481 e. The molecule has 230 valence electrons. The Morgan fingerprint density at radius 1 is 0.628 bits per heavy atom. The standard InChI is InChI=1S/C31H29F6NO5/c32-30(33,34)24-11-6-20(7-12-24)16-22(27(39)38-26(29(42)43)15-10-19-4-2-1-3-5-19)18-23(28(40)41)17-21-8-13-25(14-9-21)31(35,36)37/h1-9,11-14,22-23,26H,10,15-18H2,(H,38,39)(H,40,41)(H,42,43)/t22-,23-,26+/m1/s1. The number of aliphatic carboxylic acids is 2. The summed E-state index contributed by atoms with van der Waals surface area (Å²) in [6.07, 6.45) is -9.64. The summed E-state index contributed by atoms with van der Waals surface area (Å²) in [6, 6.07) is 15.4. The topological polar surface area (TPSA) is 104 Å². The number of amides is 1. The van der Waals surface area contributed by atoms with Crippen molar-refractivity contribution in [3.05, 3.63) is 107 Å². The second kappa shape index (κ2) is 14.2. The monoisotopic (exact) mass is 609 g/mol. The average molecular weight is 610 g/mol. The van der Waals surface area contributed by atoms with E-state index < -0.39 is 59.2 Å². The summed E-state index contributed by atoms with van der Waals surface area (Å²) in [5.41, 5.74) is -0.470. The second-order valence-electron chi connectivity index (χ2n) is 10.2. The third-order valence-corrected chi connectivity index (χ3v) is 6.99. The number of rotatable bonds is 13. The SMILES string of the molecule is O=C(O)[C@H](Cc1ccc(C(F)(F)F)cc1)C[C@@H](Cc1ccc(C(F)(F)F)cc1)C(=O)N[C@@H](CCc1ccccc1)C(=O)O. The summed E-state index contributed by atoms with van der Waals surface area (Å²) < 4.78 is 77.9. The molecule has 0 aromatic heterocycles. The third-order valence-electron chi connectivity index (χ3n) is 6.99. The smallest absolute Gasteiger partial charge is 0.416 e. The number of carboxylic acid groups (broad SMARTS) is 2. The van der Waals surface area contributed by atoms with E-state index in [1.807, 2.05) is 0 Å². The molecule has 0 saturated heterocycles. The van der Waals surface area contributed by atoms with E-state index in [-0.39, 0.29) is 36.8 Å². The number of benzene rings is 3. The molecule has 3 N–H and O–H groups in total. The highest BCUT2D eigenvalue weighted by Crippen LogP contribution is 2.31. The summed E-state index contributed by atoms with van der Waals surface area (Å²) in [7, 11) is 0. The first-order valence-electron chi connectivity index (χ1n) is 13.3. The van der Waals surface area contributed by atoms with Crippen LogP contribution in [0.4, 0.5) is 26.3 Å². The maximum Gasteiger partial charge on any atom is 0.416 e. The van der Waals surface area contributed by atoms with Gasteiger partial charge in [-0.2, -0.15) is 26.3 Å². The molecule has 0 bridgehead atoms. The Labute approximate surface area is 243 Å². The van der Waals surface area contributed by atoms with Gasteiger partial charge in [0.25, 0.3) is 0 Å². The molecule has 0 fully saturated rings. The van der Waals surface area contributed by atoms with Gasteiger partial charge in [0.2, 0.25) is 5.91 Å². The molecule has 0 radical (unpaired) electrons. The van der Waals surface area contributed by atoms with E-state index in [1.54, 1.807) is 30.3 Å². The van der Waals surface area contributed by atoms with Crippen LogP contribution in [0.25, 0.3) is 0 Å². The zero-order valence-corrected chi connectivity index (χ0v) is 22.7. The van der Waals surface area contributed by atoms with Crippen molar-refractivity contribution in [2.45, 2.75) is 50.5 Å². The molecule has 3 rings (SSSR count). The van der Waals surface area contributed by atoms with Crippen LogP contribution >= 0.6 is 0 Å². The molecule has 3 atom stereocenters. The molecular formula is C31H29F6NO5. The van der Waals surface area contributed by atoms with Gasteiger partial charge >= 0.3 is 24.3 Å². The van der Waals surface area contributed by atoms with Crippen LogP contribution in [-0.4, -0.2) is 34.1 Å². The highest BCUT2D eigenvalue weighted by molar-refractivity contribution is 5.85. The maximum absolute atomic E-state index is 13.4. The Hall–Kier alpha value is -4.35. The van der Waals surface area contributed by atoms with Gasteiger partial charge in [-0.1, -0.05) is 54.6 Å². The van der Waals surface area contributed by atoms with Crippen molar-refractivity contribution in [2.75, 3.05) is 0 Å². The van der Waals surface area contributed by atoms with Gasteiger partial charge in [0.1, 0.15) is 6.04 Å². The van der Waals surface area contributed by atoms with E-state index in [1.165, 1.54) is 0 Å². The first kappa shape index (κ1) is 33.2. The first-order chi connectivity index (χ1) is 20.1. The molecule has 12 heteroatoms. The van der Waals surface area contributed by atoms with E-state index in [2.05, 4.69) is 5.32 Å². The summed E-state index contributed by atoms with van der Waals surface area (Å²) in [5, 5.41) is 22.1. The molecular weight excluding hydrogens is 580 g/mol. The minimum atomic E-state index is -4.60. The quantitative estimate of drug-likeness (QED) is 0.194. The number of carbonyl (C=O) groups excluding carboxylic acids is 1. The van der Waals surface area contributed by atoms with Crippen molar-refractivity contribution in [3.8, 4) is 0 Å². The van der Waals surface area contributed by atoms with Crippen LogP contribution in [0.15, 0.2) is 78.9 Å². The minimum absolute atomic E-state index is 0.0198. The van der Waals surface area contributed by atoms with Crippen LogP contribution < -0.4 is 5.32 Å². The fraction of sp³-hybridized carbons (Fsp3) is 0.323. The number of hydrogen-bond acceptors (Lipinski definition) is 3. The van der Waals surface area contributed by atoms with Gasteiger partial charge in [-0.05, 0) is 73.1 Å². The lowest BCUT2D eigenvalue weighted by atomic mass is 9.85. The molecule has 0 unspecified atom stereocenters. The highest BCUT2D eigenvalue weighted by atomic mass is 19.4. The van der Waals surface area contributed by atoms with E-state index >= 15 is 0 Å². The van der Waals surface area contributed by atoms with E-state index in [0.717, 1.165) is 54.1 Å². The van der Waals surface area contributed by atoms with E-state index in [4.69, 9.17) is 0 Å². The van der Waals surface area contributed by atoms with Gasteiger partial charge < -0.3 is 15.5 Å². The second-order valence-corrected chi connectivity index (χ2v) is 10.2. The van der Waals surface area contributed by atoms with Crippen molar-refractivity contribution in [1.82, 2.24) is 5.32 Å². The molecule has 0 aliphatic rings. The van der Waals surface area contributed by atoms with Crippen LogP contribution in [0, 0.1) is 11.8 Å². The van der Waals surface area contributed by atoms with Gasteiger partial charge in [0.05, 0.1) is 17.0 Å². The predicted molar refractivity (Wildman–Crippen MR) is 144 cm³/mol. The summed E-state index contributed by atoms with van der Waals surface area (Å²) in [5.74, 6) is -5.92. The fourth-order valence-electron chi connectivity index (χ4n) is 4.63. The molecule has 0 saturated carbocycles. The Morgan fingerprint density at radius 3 is 1.51 bits per heavy atom. The number of alkyl halides is 6. The molecule has 3 aromatic rings. The molecule has 1 amide bonds. The lowest BCUT2D eigenvalue weighted by Gasteiger charge is -2.24. The summed E-state index contributed by atoms with van der Waals surface area (Å²) >= 11 is 0. The Balaban J connectivity index is 1.83. The van der Waals surface area contributed by atoms with Crippen LogP contribution in [0.2, 0.25) is 0 Å². The van der Waals surface area contributed by atoms with Crippen molar-refractivity contribution in [2.24, 2.45) is 11.8 Å². The van der Waals surface area contributed by atoms with Crippen LogP contribution in [0.3, 0.4) is 0 Å². The maximum atomic E-state index is 13.4. The molecule has 0 spiro atoms. The fourth-order valence-corrected chi connectivity index (χ4v) is 4.63. The van der Waals surface area contributed by atoms with Crippen molar-refractivity contribution >= 4 is 17.8 Å². The number of nitrogens with one attached hydrogen (secondary N) is 1. The zero-order chi connectivity index (χ0) is 31.8. The Kier molecular flexibility index (Phi) is 11.0. The van der Waals surface area contributed by atoms with Gasteiger partial charge in [0.15, 0.2) is 0 Å². The van der Waals surface area contributed by atoms with Gasteiger partial charge in [0, 0.05) is 5.92 Å². The van der Waals surface area contributed by atoms with Crippen molar-refractivity contribution < 1.29 is 50.9 Å². The lowest BCUT2D eigenvalue weighted by molar-refractivity contribution is -0.145. The number of halogens is 6. The van der Waals surface area contributed by atoms with Gasteiger partial charge in [-0.15, -0.1) is 0 Å². The summed E-state index contributed by atoms with van der Waals surface area (Å²) in [6.45, 7) is 0. The number of carboxylic acids is 2. The number of carbonyl (C=O) groups is 3. The average Bonchev–Trinajstić information content (AvgIpc) is 2.94. The Morgan fingerprint density at radius 2 is 1.09 bits per heavy atom. The molecule has 6 nitrogen and oxygen atoms in total. The highest BCUT2D eigenvalue weighted by Gasteiger charge is 2.33. The third kappa shape index (κ3) is 10.2. The van der Waals surface area contributed by atoms with Crippen molar-refractivity contribution in [3.63, 3.8) is 0 Å². The molecule has 0 heterocycles. The van der Waals surface area contributed by atoms with Crippen LogP contribution in [0.1, 0.15) is 40.7 Å². The summed E-state index contributed by atoms with van der Waals surface area (Å²) in [4.78, 5) is 37.5. The normalized spacial score (nSPS) is 14.0. The predicted octanol–water partition coefficient (Wildman–Crippen LogP) is 6.42. The van der Waals surface area contributed by atoms with Crippen LogP contribution in [0.5, 0.6) is 0 Å². The molecule has 43 heavy (non-hydrogen) atoms. The van der Waals surface area contributed by atoms with Crippen LogP contribution in [-0.2, 0) is 46.0 Å². The Bertz CT molecular complexity index is 1370. The minimum Gasteiger partial charge on any atom is -0.481 e. The molecule has 0 aliphatic heterocycles.